The molecule has 23 heteroatoms. The number of piperazine rings is 1. The molecule has 4 aromatic carbocycles. The number of halogens is 4. The Labute approximate surface area is 508 Å². The van der Waals surface area contributed by atoms with Crippen LogP contribution in [-0.2, 0) is 19.1 Å². The number of anilines is 2. The van der Waals surface area contributed by atoms with Crippen LogP contribution in [0.2, 0.25) is 0 Å². The van der Waals surface area contributed by atoms with Gasteiger partial charge in [-0.15, -0.1) is 0 Å². The van der Waals surface area contributed by atoms with Gasteiger partial charge in [-0.3, -0.25) is 23.9 Å². The van der Waals surface area contributed by atoms with E-state index >= 15 is 17.6 Å². The van der Waals surface area contributed by atoms with Crippen LogP contribution in [0.1, 0.15) is 81.3 Å². The number of phenols is 2. The first kappa shape index (κ1) is 61.9. The maximum absolute atomic E-state index is 16.5. The van der Waals surface area contributed by atoms with Crippen molar-refractivity contribution in [3.63, 3.8) is 0 Å². The van der Waals surface area contributed by atoms with Gasteiger partial charge < -0.3 is 39.1 Å². The molecule has 4 aliphatic heterocycles. The van der Waals surface area contributed by atoms with Crippen molar-refractivity contribution < 1.29 is 56.4 Å². The average Bonchev–Trinajstić information content (AvgIpc) is 1.80. The number of piperidine rings is 1. The quantitative estimate of drug-likeness (QED) is 0.0593. The van der Waals surface area contributed by atoms with Gasteiger partial charge in [0.05, 0.1) is 67.8 Å². The number of fused-ring (bicyclic) bond motifs is 4. The lowest BCUT2D eigenvalue weighted by molar-refractivity contribution is -0.152. The molecule has 0 bridgehead atoms. The number of hydrogen-bond acceptors (Lipinski definition) is 16. The molecule has 89 heavy (non-hydrogen) atoms. The molecule has 4 aromatic heterocycles. The first-order valence-corrected chi connectivity index (χ1v) is 28.8. The topological polar surface area (TPSA) is 225 Å². The number of pyridine rings is 2. The summed E-state index contributed by atoms with van der Waals surface area (Å²) >= 11 is 0. The van der Waals surface area contributed by atoms with E-state index in [0.29, 0.717) is 59.1 Å². The normalized spacial score (nSPS) is 15.7. The van der Waals surface area contributed by atoms with Crippen LogP contribution in [0.4, 0.5) is 29.2 Å². The van der Waals surface area contributed by atoms with Gasteiger partial charge in [-0.1, -0.05) is 59.6 Å². The lowest BCUT2D eigenvalue weighted by Crippen LogP contribution is -2.56. The van der Waals surface area contributed by atoms with Crippen LogP contribution >= 0.6 is 0 Å². The highest BCUT2D eigenvalue weighted by atomic mass is 19.1. The summed E-state index contributed by atoms with van der Waals surface area (Å²) in [6.45, 7) is 23.0. The van der Waals surface area contributed by atoms with Crippen molar-refractivity contribution in [2.45, 2.75) is 84.7 Å². The fraction of sp³-hybridized carbons (Fsp3) is 0.288. The van der Waals surface area contributed by atoms with Crippen molar-refractivity contribution in [1.82, 2.24) is 34.0 Å². The summed E-state index contributed by atoms with van der Waals surface area (Å²) in [6, 6.07) is 13.3. The number of nitrogens with zero attached hydrogens (tertiary/aromatic N) is 9. The molecule has 0 radical (unpaired) electrons. The molecule has 2 N–H and O–H groups in total. The van der Waals surface area contributed by atoms with Crippen LogP contribution in [0.5, 0.6) is 23.0 Å². The smallest absolute Gasteiger partial charge is 0.354 e. The van der Waals surface area contributed by atoms with Crippen LogP contribution < -0.4 is 30.7 Å². The molecule has 8 aromatic rings. The molecule has 8 heterocycles. The zero-order valence-electron chi connectivity index (χ0n) is 49.7. The predicted octanol–water partition coefficient (Wildman–Crippen LogP) is 10.5. The second-order valence-corrected chi connectivity index (χ2v) is 22.3. The summed E-state index contributed by atoms with van der Waals surface area (Å²) in [5.74, 6) is -5.83. The fourth-order valence-electron chi connectivity index (χ4n) is 11.8. The average molecular weight is 1220 g/mol. The van der Waals surface area contributed by atoms with E-state index in [1.807, 2.05) is 51.3 Å². The number of aromatic nitrogens is 6. The molecular formula is C66H63F4N9O10. The minimum Gasteiger partial charge on any atom is -0.507 e. The van der Waals surface area contributed by atoms with E-state index in [2.05, 4.69) is 44.4 Å². The number of rotatable bonds is 9. The maximum Gasteiger partial charge on any atom is 0.354 e. The van der Waals surface area contributed by atoms with Crippen molar-refractivity contribution in [1.29, 1.82) is 0 Å². The first-order valence-electron chi connectivity index (χ1n) is 28.8. The van der Waals surface area contributed by atoms with Crippen molar-refractivity contribution in [2.24, 2.45) is 0 Å². The van der Waals surface area contributed by atoms with Crippen LogP contribution in [0.25, 0.3) is 55.4 Å². The number of amides is 1. The summed E-state index contributed by atoms with van der Waals surface area (Å²) in [5.41, 5.74) is 2.11. The zero-order chi connectivity index (χ0) is 63.9. The van der Waals surface area contributed by atoms with Gasteiger partial charge >= 0.3 is 23.3 Å². The lowest BCUT2D eigenvalue weighted by Gasteiger charge is -2.40. The zero-order valence-corrected chi connectivity index (χ0v) is 49.7. The Bertz CT molecular complexity index is 4300. The van der Waals surface area contributed by atoms with Crippen LogP contribution in [0.3, 0.4) is 0 Å². The number of benzene rings is 4. The van der Waals surface area contributed by atoms with Crippen molar-refractivity contribution in [2.75, 3.05) is 49.2 Å². The SMILES string of the molecule is C=CC(=O)N1CCN2c3nc(=O)n(-c4c(C)ccnc4C(C)C)c4cc(-c5c(O)cccc5F)c(F)c(c34)OC[C@@H]2C1.C=CC(=O)OC(=O)C=C.Cc1ccnc(C(C)C)c1-n1c(=O)nc2c3c(c(F)c(-c4c(O)cccc4F)cc31)OC[C@@H]1CCCCN21. The highest BCUT2D eigenvalue weighted by molar-refractivity contribution is 6.02. The van der Waals surface area contributed by atoms with Gasteiger partial charge in [-0.05, 0) is 111 Å². The minimum absolute atomic E-state index is 0.0278. The number of carbonyl (C=O) groups is 3. The van der Waals surface area contributed by atoms with E-state index in [-0.39, 0.29) is 94.0 Å². The standard InChI is InChI=1S/C31H29F2N5O4.C29H28F2N4O3.C6H6O3/c1-5-23(40)36-11-12-37-18(14-36)15-42-29-25-21(13-19(26(29)33)24-20(32)7-6-8-22(24)39)38(31(41)35-30(25)37)28-17(4)9-10-34-27(28)16(2)3;1-15(2)25-26(16(3)10-11-32-25)35-20-13-18(22-19(30)8-6-9-21(22)36)24(31)27-23(20)28(33-29(35)37)34-12-5-4-7-17(34)14-38-27;1-3-5(7)9-6(8)4-2/h5-10,13,16,18,39H,1,11-12,14-15H2,2-4H3;6,8-11,13,15,17,36H,4-5,7,12,14H2,1-3H3;3-4H,1-2H2/t18-;17-;/m00./s1. The molecular weight excluding hydrogens is 1150 g/mol. The van der Waals surface area contributed by atoms with Gasteiger partial charge in [0.2, 0.25) is 5.91 Å². The van der Waals surface area contributed by atoms with Crippen LogP contribution in [0.15, 0.2) is 121 Å². The van der Waals surface area contributed by atoms with Crippen molar-refractivity contribution in [3.05, 3.63) is 178 Å². The van der Waals surface area contributed by atoms with E-state index in [1.54, 1.807) is 29.4 Å². The Morgan fingerprint density at radius 3 is 1.54 bits per heavy atom. The molecule has 4 aliphatic rings. The molecule has 0 spiro atoms. The molecule has 2 atom stereocenters. The van der Waals surface area contributed by atoms with Crippen LogP contribution in [0, 0.1) is 37.1 Å². The molecule has 2 fully saturated rings. The van der Waals surface area contributed by atoms with E-state index in [9.17, 15) is 34.2 Å². The summed E-state index contributed by atoms with van der Waals surface area (Å²) in [7, 11) is 0. The van der Waals surface area contributed by atoms with E-state index in [0.717, 1.165) is 54.7 Å². The molecule has 19 nitrogen and oxygen atoms in total. The van der Waals surface area contributed by atoms with Gasteiger partial charge in [-0.25, -0.2) is 36.7 Å². The molecule has 2 saturated heterocycles. The molecule has 1 amide bonds. The predicted molar refractivity (Wildman–Crippen MR) is 327 cm³/mol. The highest BCUT2D eigenvalue weighted by Crippen LogP contribution is 2.48. The Hall–Kier alpha value is -10.2. The Kier molecular flexibility index (Phi) is 17.6. The summed E-state index contributed by atoms with van der Waals surface area (Å²) in [4.78, 5) is 84.2. The number of esters is 2. The number of ether oxygens (including phenoxy) is 3. The van der Waals surface area contributed by atoms with Crippen LogP contribution in [-0.4, -0.2) is 114 Å². The number of phenolic OH excluding ortho intramolecular Hbond substituents is 2. The second-order valence-electron chi connectivity index (χ2n) is 22.3. The third-order valence-electron chi connectivity index (χ3n) is 16.0. The van der Waals surface area contributed by atoms with E-state index in [4.69, 9.17) is 9.47 Å². The number of aromatic hydroxyl groups is 2. The fourth-order valence-corrected chi connectivity index (χ4v) is 11.8. The van der Waals surface area contributed by atoms with Gasteiger partial charge in [0.15, 0.2) is 23.1 Å². The van der Waals surface area contributed by atoms with Gasteiger partial charge in [-0.2, -0.15) is 9.97 Å². The number of aryl methyl sites for hydroxylation is 2. The molecule has 460 valence electrons. The third kappa shape index (κ3) is 11.4. The summed E-state index contributed by atoms with van der Waals surface area (Å²) < 4.78 is 82.0. The largest absolute Gasteiger partial charge is 0.507 e. The summed E-state index contributed by atoms with van der Waals surface area (Å²) in [6.07, 6.45) is 9.11. The van der Waals surface area contributed by atoms with Gasteiger partial charge in [0.1, 0.15) is 48.0 Å². The maximum atomic E-state index is 16.5. The first-order chi connectivity index (χ1) is 42.6. The van der Waals surface area contributed by atoms with Crippen molar-refractivity contribution in [3.8, 4) is 56.6 Å². The molecule has 12 rings (SSSR count). The monoisotopic (exact) mass is 1220 g/mol. The Morgan fingerprint density at radius 1 is 0.640 bits per heavy atom. The molecule has 0 aliphatic carbocycles. The number of hydrogen-bond donors (Lipinski definition) is 2. The van der Waals surface area contributed by atoms with E-state index < -0.39 is 64.1 Å². The molecule has 0 unspecified atom stereocenters. The number of carbonyl (C=O) groups excluding carboxylic acids is 3. The van der Waals surface area contributed by atoms with E-state index in [1.165, 1.54) is 51.6 Å². The summed E-state index contributed by atoms with van der Waals surface area (Å²) in [5, 5.41) is 21.7. The van der Waals surface area contributed by atoms with Gasteiger partial charge in [0.25, 0.3) is 0 Å². The Balaban J connectivity index is 0.000000173. The lowest BCUT2D eigenvalue weighted by atomic mass is 9.98. The second kappa shape index (κ2) is 25.3. The highest BCUT2D eigenvalue weighted by Gasteiger charge is 2.39. The van der Waals surface area contributed by atoms with Crippen molar-refractivity contribution >= 4 is 51.3 Å². The third-order valence-corrected chi connectivity index (χ3v) is 16.0. The van der Waals surface area contributed by atoms with Gasteiger partial charge in [0, 0.05) is 61.9 Å². The Morgan fingerprint density at radius 2 is 1.10 bits per heavy atom. The molecule has 0 saturated carbocycles. The minimum atomic E-state index is -0.901.